The molecule has 2 saturated heterocycles. The highest BCUT2D eigenvalue weighted by atomic mass is 35.5. The van der Waals surface area contributed by atoms with Gasteiger partial charge in [-0.15, -0.1) is 0 Å². The average Bonchev–Trinajstić information content (AvgIpc) is 3.36. The van der Waals surface area contributed by atoms with Gasteiger partial charge in [0, 0.05) is 32.2 Å². The minimum Gasteiger partial charge on any atom is -0.348 e. The molecule has 1 aromatic carbocycles. The number of nitrogens with one attached hydrogen (secondary N) is 1. The maximum atomic E-state index is 14.7. The second kappa shape index (κ2) is 6.76. The Morgan fingerprint density at radius 3 is 2.59 bits per heavy atom. The average molecular weight is 397 g/mol. The summed E-state index contributed by atoms with van der Waals surface area (Å²) < 4.78 is 28.3. The number of rotatable bonds is 2. The summed E-state index contributed by atoms with van der Waals surface area (Å²) in [5.74, 6) is -2.52. The highest BCUT2D eigenvalue weighted by molar-refractivity contribution is 6.35. The van der Waals surface area contributed by atoms with Gasteiger partial charge < -0.3 is 20.5 Å². The smallest absolute Gasteiger partial charge is 0.273 e. The molecule has 27 heavy (non-hydrogen) atoms. The number of carbonyl (C=O) groups excluding carboxylic acids is 2. The molecule has 3 heterocycles. The Labute approximate surface area is 159 Å². The summed E-state index contributed by atoms with van der Waals surface area (Å²) >= 11 is 5.84. The highest BCUT2D eigenvalue weighted by Crippen LogP contribution is 2.31. The fourth-order valence-corrected chi connectivity index (χ4v) is 4.13. The van der Waals surface area contributed by atoms with E-state index in [1.54, 1.807) is 4.90 Å². The van der Waals surface area contributed by atoms with Crippen LogP contribution in [0.4, 0.5) is 8.78 Å². The Hall–Kier alpha value is -2.19. The van der Waals surface area contributed by atoms with Crippen LogP contribution in [0.3, 0.4) is 0 Å². The molecule has 4 rings (SSSR count). The number of nitrogens with zero attached hydrogens (tertiary/aromatic N) is 2. The summed E-state index contributed by atoms with van der Waals surface area (Å²) in [4.78, 5) is 31.2. The van der Waals surface area contributed by atoms with Gasteiger partial charge in [-0.05, 0) is 25.0 Å². The second-order valence-electron chi connectivity index (χ2n) is 7.17. The molecular weight excluding hydrogens is 378 g/mol. The third kappa shape index (κ3) is 3.06. The van der Waals surface area contributed by atoms with Crippen LogP contribution in [-0.4, -0.2) is 58.8 Å². The van der Waals surface area contributed by atoms with Gasteiger partial charge in [-0.3, -0.25) is 9.59 Å². The van der Waals surface area contributed by atoms with E-state index >= 15 is 0 Å². The van der Waals surface area contributed by atoms with E-state index in [1.807, 2.05) is 0 Å². The molecule has 2 aliphatic rings. The van der Waals surface area contributed by atoms with Crippen LogP contribution in [0, 0.1) is 17.6 Å². The molecule has 3 N–H and O–H groups in total. The number of fused-ring (bicyclic) bond motifs is 1. The van der Waals surface area contributed by atoms with Gasteiger partial charge in [-0.25, -0.2) is 8.78 Å². The van der Waals surface area contributed by atoms with Crippen molar-refractivity contribution >= 4 is 34.3 Å². The zero-order valence-corrected chi connectivity index (χ0v) is 15.2. The first-order valence-corrected chi connectivity index (χ1v) is 9.23. The van der Waals surface area contributed by atoms with Crippen molar-refractivity contribution in [3.63, 3.8) is 0 Å². The molecule has 2 aliphatic heterocycles. The number of hydrogen-bond acceptors (Lipinski definition) is 3. The third-order valence-corrected chi connectivity index (χ3v) is 5.74. The van der Waals surface area contributed by atoms with Crippen molar-refractivity contribution in [2.45, 2.75) is 18.9 Å². The van der Waals surface area contributed by atoms with Crippen molar-refractivity contribution < 1.29 is 18.4 Å². The zero-order chi connectivity index (χ0) is 19.3. The first-order chi connectivity index (χ1) is 12.9. The van der Waals surface area contributed by atoms with E-state index in [4.69, 9.17) is 17.3 Å². The molecule has 0 bridgehead atoms. The minimum atomic E-state index is -0.875. The first-order valence-electron chi connectivity index (χ1n) is 8.85. The van der Waals surface area contributed by atoms with Gasteiger partial charge in [0.2, 0.25) is 5.91 Å². The Morgan fingerprint density at radius 1 is 1.15 bits per heavy atom. The molecule has 0 spiro atoms. The van der Waals surface area contributed by atoms with Gasteiger partial charge in [0.15, 0.2) is 5.82 Å². The van der Waals surface area contributed by atoms with E-state index in [0.29, 0.717) is 26.1 Å². The van der Waals surface area contributed by atoms with Crippen LogP contribution < -0.4 is 5.73 Å². The maximum Gasteiger partial charge on any atom is 0.273 e. The van der Waals surface area contributed by atoms with Crippen molar-refractivity contribution in [3.8, 4) is 0 Å². The number of amides is 2. The van der Waals surface area contributed by atoms with E-state index in [0.717, 1.165) is 12.5 Å². The lowest BCUT2D eigenvalue weighted by Crippen LogP contribution is -2.38. The number of H-pyrrole nitrogens is 1. The molecule has 2 amide bonds. The summed E-state index contributed by atoms with van der Waals surface area (Å²) in [7, 11) is 0. The van der Waals surface area contributed by atoms with Gasteiger partial charge in [0.05, 0.1) is 21.8 Å². The quantitative estimate of drug-likeness (QED) is 0.815. The number of hydrogen-bond donors (Lipinski definition) is 2. The Morgan fingerprint density at radius 2 is 1.89 bits per heavy atom. The number of aromatic nitrogens is 1. The lowest BCUT2D eigenvalue weighted by Gasteiger charge is -2.20. The largest absolute Gasteiger partial charge is 0.348 e. The molecule has 0 radical (unpaired) electrons. The number of halogens is 3. The molecule has 144 valence electrons. The van der Waals surface area contributed by atoms with Crippen LogP contribution in [0.2, 0.25) is 5.02 Å². The van der Waals surface area contributed by atoms with E-state index in [2.05, 4.69) is 4.98 Å². The summed E-state index contributed by atoms with van der Waals surface area (Å²) in [6.45, 7) is 1.74. The fourth-order valence-electron chi connectivity index (χ4n) is 3.88. The van der Waals surface area contributed by atoms with Crippen LogP contribution in [0.1, 0.15) is 23.3 Å². The molecule has 2 fully saturated rings. The van der Waals surface area contributed by atoms with Gasteiger partial charge in [-0.2, -0.15) is 0 Å². The number of aromatic amines is 1. The fraction of sp³-hybridized carbons (Fsp3) is 0.444. The molecule has 1 aromatic heterocycles. The molecule has 6 nitrogen and oxygen atoms in total. The predicted molar refractivity (Wildman–Crippen MR) is 96.4 cm³/mol. The molecule has 9 heteroatoms. The standard InChI is InChI=1S/C18H19ClF2N4O2/c19-14-11(20)1-2-12-13(14)15(21)16(23-12)18(27)24-5-3-9(7-24)17(26)25-6-4-10(22)8-25/h1-2,9-10,23H,3-8,22H2/t9-,10-/m1/s1. The number of nitrogens with two attached hydrogens (primary N) is 1. The van der Waals surface area contributed by atoms with E-state index in [9.17, 15) is 18.4 Å². The number of likely N-dealkylation sites (tertiary alicyclic amines) is 2. The third-order valence-electron chi connectivity index (χ3n) is 5.37. The van der Waals surface area contributed by atoms with E-state index in [1.165, 1.54) is 11.0 Å². The number of benzene rings is 1. The summed E-state index contributed by atoms with van der Waals surface area (Å²) in [5, 5.41) is -0.502. The lowest BCUT2D eigenvalue weighted by atomic mass is 10.1. The van der Waals surface area contributed by atoms with Gasteiger partial charge in [0.1, 0.15) is 11.5 Å². The Bertz CT molecular complexity index is 932. The second-order valence-corrected chi connectivity index (χ2v) is 7.55. The molecule has 0 saturated carbocycles. The topological polar surface area (TPSA) is 82.4 Å². The van der Waals surface area contributed by atoms with Gasteiger partial charge in [0.25, 0.3) is 5.91 Å². The van der Waals surface area contributed by atoms with Crippen molar-refractivity contribution in [2.75, 3.05) is 26.2 Å². The SMILES string of the molecule is N[C@@H]1CCN(C(=O)[C@@H]2CCN(C(=O)c3[nH]c4ccc(F)c(Cl)c4c3F)C2)C1. The lowest BCUT2D eigenvalue weighted by molar-refractivity contribution is -0.134. The van der Waals surface area contributed by atoms with Crippen LogP contribution in [0.25, 0.3) is 10.9 Å². The monoisotopic (exact) mass is 396 g/mol. The van der Waals surface area contributed by atoms with E-state index in [-0.39, 0.29) is 46.0 Å². The summed E-state index contributed by atoms with van der Waals surface area (Å²) in [6, 6.07) is 2.45. The molecule has 2 aromatic rings. The molecular formula is C18H19ClF2N4O2. The zero-order valence-electron chi connectivity index (χ0n) is 14.5. The van der Waals surface area contributed by atoms with Crippen LogP contribution in [0.5, 0.6) is 0 Å². The first kappa shape index (κ1) is 18.2. The van der Waals surface area contributed by atoms with Crippen LogP contribution in [0.15, 0.2) is 12.1 Å². The van der Waals surface area contributed by atoms with Crippen molar-refractivity contribution in [1.29, 1.82) is 0 Å². The normalized spacial score (nSPS) is 22.8. The van der Waals surface area contributed by atoms with Gasteiger partial charge in [-0.1, -0.05) is 11.6 Å². The minimum absolute atomic E-state index is 0.00123. The predicted octanol–water partition coefficient (Wildman–Crippen LogP) is 2.12. The maximum absolute atomic E-state index is 14.7. The number of carbonyl (C=O) groups is 2. The molecule has 0 unspecified atom stereocenters. The van der Waals surface area contributed by atoms with E-state index < -0.39 is 17.5 Å². The molecule has 0 aliphatic carbocycles. The molecule has 2 atom stereocenters. The van der Waals surface area contributed by atoms with Crippen molar-refractivity contribution in [3.05, 3.63) is 34.5 Å². The van der Waals surface area contributed by atoms with Gasteiger partial charge >= 0.3 is 0 Å². The summed E-state index contributed by atoms with van der Waals surface area (Å²) in [5.41, 5.74) is 5.83. The highest BCUT2D eigenvalue weighted by Gasteiger charge is 2.37. The van der Waals surface area contributed by atoms with Crippen molar-refractivity contribution in [2.24, 2.45) is 11.7 Å². The Balaban J connectivity index is 1.52. The van der Waals surface area contributed by atoms with Crippen LogP contribution >= 0.6 is 11.6 Å². The Kier molecular flexibility index (Phi) is 4.55. The van der Waals surface area contributed by atoms with Crippen LogP contribution in [-0.2, 0) is 4.79 Å². The summed E-state index contributed by atoms with van der Waals surface area (Å²) in [6.07, 6.45) is 1.30. The van der Waals surface area contributed by atoms with Crippen molar-refractivity contribution in [1.82, 2.24) is 14.8 Å².